The molecule has 1 aromatic carbocycles. The smallest absolute Gasteiger partial charge is 0.256 e. The second kappa shape index (κ2) is 7.22. The van der Waals surface area contributed by atoms with Gasteiger partial charge in [-0.1, -0.05) is 13.3 Å². The number of carbonyl (C=O) groups is 1. The zero-order valence-electron chi connectivity index (χ0n) is 14.9. The Morgan fingerprint density at radius 2 is 2.22 bits per heavy atom. The SMILES string of the molecule is CCC[C@H]1CNC(=O)c2cnn3ccc(nc23)NCc2cc(F)ccc2O1. The monoisotopic (exact) mass is 369 g/mol. The van der Waals surface area contributed by atoms with Crippen LogP contribution in [0.2, 0.25) is 0 Å². The van der Waals surface area contributed by atoms with Crippen molar-refractivity contribution in [1.82, 2.24) is 19.9 Å². The van der Waals surface area contributed by atoms with Crippen molar-refractivity contribution in [3.05, 3.63) is 53.6 Å². The lowest BCUT2D eigenvalue weighted by Crippen LogP contribution is -2.35. The second-order valence-corrected chi connectivity index (χ2v) is 6.48. The van der Waals surface area contributed by atoms with Crippen LogP contribution in [0.4, 0.5) is 10.2 Å². The van der Waals surface area contributed by atoms with Gasteiger partial charge in [-0.25, -0.2) is 13.9 Å². The summed E-state index contributed by atoms with van der Waals surface area (Å²) in [5, 5.41) is 10.2. The van der Waals surface area contributed by atoms with Gasteiger partial charge in [0.25, 0.3) is 5.91 Å². The minimum atomic E-state index is -0.328. The molecule has 3 aromatic rings. The third-order valence-electron chi connectivity index (χ3n) is 4.49. The predicted molar refractivity (Wildman–Crippen MR) is 98.4 cm³/mol. The summed E-state index contributed by atoms with van der Waals surface area (Å²) >= 11 is 0. The highest BCUT2D eigenvalue weighted by Crippen LogP contribution is 2.24. The van der Waals surface area contributed by atoms with E-state index < -0.39 is 0 Å². The fourth-order valence-corrected chi connectivity index (χ4v) is 3.12. The maximum Gasteiger partial charge on any atom is 0.256 e. The summed E-state index contributed by atoms with van der Waals surface area (Å²) in [6, 6.07) is 6.20. The van der Waals surface area contributed by atoms with Crippen LogP contribution in [0.15, 0.2) is 36.7 Å². The number of nitrogens with one attached hydrogen (secondary N) is 2. The summed E-state index contributed by atoms with van der Waals surface area (Å²) in [6.07, 6.45) is 4.67. The average Bonchev–Trinajstić information content (AvgIpc) is 3.08. The molecule has 8 heteroatoms. The van der Waals surface area contributed by atoms with Gasteiger partial charge in [0.05, 0.1) is 12.7 Å². The normalized spacial score (nSPS) is 17.1. The van der Waals surface area contributed by atoms with E-state index in [9.17, 15) is 9.18 Å². The van der Waals surface area contributed by atoms with Gasteiger partial charge >= 0.3 is 0 Å². The standard InChI is InChI=1S/C19H20FN5O2/c1-2-3-14-10-22-19(26)15-11-23-25-7-6-17(24-18(15)25)21-9-12-8-13(20)4-5-16(12)27-14/h4-8,11,14H,2-3,9-10H2,1H3,(H,21,24)(H,22,26)/t14-/m0/s1. The molecule has 0 saturated carbocycles. The van der Waals surface area contributed by atoms with E-state index in [-0.39, 0.29) is 17.8 Å². The molecule has 2 aromatic heterocycles. The van der Waals surface area contributed by atoms with Crippen molar-refractivity contribution in [3.63, 3.8) is 0 Å². The molecule has 1 aliphatic rings. The quantitative estimate of drug-likeness (QED) is 0.726. The van der Waals surface area contributed by atoms with Crippen molar-refractivity contribution in [1.29, 1.82) is 0 Å². The highest BCUT2D eigenvalue weighted by molar-refractivity contribution is 5.99. The van der Waals surface area contributed by atoms with E-state index in [2.05, 4.69) is 27.6 Å². The Labute approximate surface area is 155 Å². The number of fused-ring (bicyclic) bond motifs is 2. The number of halogens is 1. The topological polar surface area (TPSA) is 80.6 Å². The largest absolute Gasteiger partial charge is 0.488 e. The minimum Gasteiger partial charge on any atom is -0.488 e. The number of carbonyl (C=O) groups excluding carboxylic acids is 1. The molecule has 1 atom stereocenters. The molecule has 0 radical (unpaired) electrons. The highest BCUT2D eigenvalue weighted by Gasteiger charge is 2.19. The fraction of sp³-hybridized carbons (Fsp3) is 0.316. The lowest BCUT2D eigenvalue weighted by atomic mass is 10.1. The van der Waals surface area contributed by atoms with E-state index in [0.717, 1.165) is 12.8 Å². The maximum atomic E-state index is 13.8. The van der Waals surface area contributed by atoms with E-state index in [1.54, 1.807) is 22.8 Å². The molecule has 27 heavy (non-hydrogen) atoms. The molecule has 1 aliphatic heterocycles. The van der Waals surface area contributed by atoms with Crippen LogP contribution >= 0.6 is 0 Å². The molecule has 0 spiro atoms. The van der Waals surface area contributed by atoms with Gasteiger partial charge < -0.3 is 15.4 Å². The first-order valence-electron chi connectivity index (χ1n) is 8.95. The van der Waals surface area contributed by atoms with Crippen LogP contribution < -0.4 is 15.4 Å². The number of hydrogen-bond donors (Lipinski definition) is 2. The Kier molecular flexibility index (Phi) is 4.62. The number of ether oxygens (including phenoxy) is 1. The first-order chi connectivity index (χ1) is 13.1. The number of nitrogens with zero attached hydrogens (tertiary/aromatic N) is 3. The average molecular weight is 369 g/mol. The molecule has 1 amide bonds. The molecule has 0 unspecified atom stereocenters. The minimum absolute atomic E-state index is 0.217. The third-order valence-corrected chi connectivity index (χ3v) is 4.49. The van der Waals surface area contributed by atoms with Crippen molar-refractivity contribution in [2.75, 3.05) is 11.9 Å². The molecule has 140 valence electrons. The van der Waals surface area contributed by atoms with Crippen molar-refractivity contribution in [2.45, 2.75) is 32.4 Å². The van der Waals surface area contributed by atoms with Crippen LogP contribution in [-0.4, -0.2) is 33.2 Å². The highest BCUT2D eigenvalue weighted by atomic mass is 19.1. The maximum absolute atomic E-state index is 13.8. The Balaban J connectivity index is 1.75. The van der Waals surface area contributed by atoms with Gasteiger partial charge in [-0.2, -0.15) is 5.10 Å². The zero-order chi connectivity index (χ0) is 18.8. The molecule has 0 saturated heterocycles. The van der Waals surface area contributed by atoms with Crippen molar-refractivity contribution < 1.29 is 13.9 Å². The predicted octanol–water partition coefficient (Wildman–Crippen LogP) is 2.77. The summed E-state index contributed by atoms with van der Waals surface area (Å²) in [5.74, 6) is 0.583. The molecule has 4 rings (SSSR count). The number of aromatic nitrogens is 3. The van der Waals surface area contributed by atoms with E-state index in [1.807, 2.05) is 0 Å². The molecule has 7 nitrogen and oxygen atoms in total. The zero-order valence-corrected chi connectivity index (χ0v) is 14.9. The Morgan fingerprint density at radius 1 is 1.33 bits per heavy atom. The first-order valence-corrected chi connectivity index (χ1v) is 8.95. The first kappa shape index (κ1) is 17.3. The van der Waals surface area contributed by atoms with Crippen molar-refractivity contribution in [2.24, 2.45) is 0 Å². The summed E-state index contributed by atoms with van der Waals surface area (Å²) in [6.45, 7) is 2.74. The van der Waals surface area contributed by atoms with Gasteiger partial charge in [0, 0.05) is 18.3 Å². The van der Waals surface area contributed by atoms with Crippen LogP contribution in [-0.2, 0) is 6.54 Å². The number of benzene rings is 1. The van der Waals surface area contributed by atoms with Crippen LogP contribution in [0.1, 0.15) is 35.7 Å². The van der Waals surface area contributed by atoms with Crippen molar-refractivity contribution in [3.8, 4) is 5.75 Å². The number of anilines is 1. The van der Waals surface area contributed by atoms with Crippen LogP contribution in [0.25, 0.3) is 5.65 Å². The van der Waals surface area contributed by atoms with Crippen molar-refractivity contribution >= 4 is 17.4 Å². The van der Waals surface area contributed by atoms with Gasteiger partial charge in [-0.15, -0.1) is 0 Å². The summed E-state index contributed by atoms with van der Waals surface area (Å²) < 4.78 is 21.4. The number of amides is 1. The molecular formula is C19H20FN5O2. The van der Waals surface area contributed by atoms with E-state index in [0.29, 0.717) is 41.4 Å². The third kappa shape index (κ3) is 3.55. The molecule has 2 N–H and O–H groups in total. The van der Waals surface area contributed by atoms with Crippen LogP contribution in [0.5, 0.6) is 5.75 Å². The van der Waals surface area contributed by atoms with Crippen LogP contribution in [0.3, 0.4) is 0 Å². The van der Waals surface area contributed by atoms with E-state index in [1.165, 1.54) is 18.3 Å². The lowest BCUT2D eigenvalue weighted by Gasteiger charge is -2.21. The molecule has 2 bridgehead atoms. The Morgan fingerprint density at radius 3 is 3.07 bits per heavy atom. The Bertz CT molecular complexity index is 987. The molecule has 3 heterocycles. The van der Waals surface area contributed by atoms with Crippen LogP contribution in [0, 0.1) is 5.82 Å². The summed E-state index contributed by atoms with van der Waals surface area (Å²) in [7, 11) is 0. The molecule has 0 fully saturated rings. The summed E-state index contributed by atoms with van der Waals surface area (Å²) in [4.78, 5) is 17.1. The van der Waals surface area contributed by atoms with E-state index in [4.69, 9.17) is 4.74 Å². The number of hydrogen-bond acceptors (Lipinski definition) is 5. The van der Waals surface area contributed by atoms with E-state index >= 15 is 0 Å². The van der Waals surface area contributed by atoms with Gasteiger partial charge in [-0.05, 0) is 30.7 Å². The lowest BCUT2D eigenvalue weighted by molar-refractivity contribution is 0.0925. The second-order valence-electron chi connectivity index (χ2n) is 6.48. The number of rotatable bonds is 2. The fourth-order valence-electron chi connectivity index (χ4n) is 3.12. The Hall–Kier alpha value is -3.16. The van der Waals surface area contributed by atoms with Gasteiger partial charge in [0.2, 0.25) is 0 Å². The molecular weight excluding hydrogens is 349 g/mol. The van der Waals surface area contributed by atoms with Gasteiger partial charge in [0.1, 0.15) is 29.1 Å². The van der Waals surface area contributed by atoms with Gasteiger partial charge in [-0.3, -0.25) is 4.79 Å². The molecule has 0 aliphatic carbocycles. The van der Waals surface area contributed by atoms with Gasteiger partial charge in [0.15, 0.2) is 5.65 Å². The summed E-state index contributed by atoms with van der Waals surface area (Å²) in [5.41, 5.74) is 1.55.